The fourth-order valence-electron chi connectivity index (χ4n) is 2.26. The SMILES string of the molecule is CCCNc1cc(NCC2(O)CCOC2)nc(CCC)n1. The molecule has 6 nitrogen and oxygen atoms in total. The fourth-order valence-corrected chi connectivity index (χ4v) is 2.26. The first-order chi connectivity index (χ1) is 10.1. The Labute approximate surface area is 126 Å². The minimum absolute atomic E-state index is 0.383. The first-order valence-corrected chi connectivity index (χ1v) is 7.81. The third kappa shape index (κ3) is 4.82. The standard InChI is InChI=1S/C15H26N4O2/c1-3-5-12-18-13(16-7-4-2)9-14(19-12)17-10-15(20)6-8-21-11-15/h9,20H,3-8,10-11H2,1-2H3,(H2,16,17,18,19). The van der Waals surface area contributed by atoms with E-state index < -0.39 is 5.60 Å². The monoisotopic (exact) mass is 294 g/mol. The quantitative estimate of drug-likeness (QED) is 0.678. The number of rotatable bonds is 8. The van der Waals surface area contributed by atoms with Crippen molar-refractivity contribution in [1.82, 2.24) is 9.97 Å². The summed E-state index contributed by atoms with van der Waals surface area (Å²) in [5.41, 5.74) is -0.785. The summed E-state index contributed by atoms with van der Waals surface area (Å²) < 4.78 is 5.25. The van der Waals surface area contributed by atoms with Gasteiger partial charge in [-0.1, -0.05) is 13.8 Å². The van der Waals surface area contributed by atoms with Gasteiger partial charge in [0.05, 0.1) is 6.61 Å². The van der Waals surface area contributed by atoms with Gasteiger partial charge >= 0.3 is 0 Å². The number of hydrogen-bond donors (Lipinski definition) is 3. The van der Waals surface area contributed by atoms with Gasteiger partial charge in [0.25, 0.3) is 0 Å². The maximum absolute atomic E-state index is 10.3. The molecule has 3 N–H and O–H groups in total. The average molecular weight is 294 g/mol. The van der Waals surface area contributed by atoms with Crippen molar-refractivity contribution >= 4 is 11.6 Å². The molecule has 2 rings (SSSR count). The highest BCUT2D eigenvalue weighted by atomic mass is 16.5. The molecule has 1 unspecified atom stereocenters. The Bertz CT molecular complexity index is 447. The molecule has 1 fully saturated rings. The van der Waals surface area contributed by atoms with Gasteiger partial charge in [0.1, 0.15) is 23.1 Å². The summed E-state index contributed by atoms with van der Waals surface area (Å²) in [6, 6.07) is 1.90. The van der Waals surface area contributed by atoms with E-state index in [1.165, 1.54) is 0 Å². The van der Waals surface area contributed by atoms with E-state index in [2.05, 4.69) is 34.4 Å². The minimum Gasteiger partial charge on any atom is -0.386 e. The lowest BCUT2D eigenvalue weighted by Crippen LogP contribution is -2.37. The van der Waals surface area contributed by atoms with E-state index in [-0.39, 0.29) is 0 Å². The van der Waals surface area contributed by atoms with Crippen molar-refractivity contribution in [2.45, 2.75) is 45.1 Å². The third-order valence-electron chi connectivity index (χ3n) is 3.48. The topological polar surface area (TPSA) is 79.3 Å². The van der Waals surface area contributed by atoms with Gasteiger partial charge in [-0.05, 0) is 12.8 Å². The van der Waals surface area contributed by atoms with Gasteiger partial charge in [0.2, 0.25) is 0 Å². The van der Waals surface area contributed by atoms with E-state index in [4.69, 9.17) is 4.74 Å². The van der Waals surface area contributed by atoms with Crippen LogP contribution in [-0.2, 0) is 11.2 Å². The van der Waals surface area contributed by atoms with E-state index in [1.807, 2.05) is 6.07 Å². The van der Waals surface area contributed by atoms with Crippen LogP contribution in [0.5, 0.6) is 0 Å². The zero-order valence-electron chi connectivity index (χ0n) is 13.0. The number of ether oxygens (including phenoxy) is 1. The highest BCUT2D eigenvalue weighted by Crippen LogP contribution is 2.20. The van der Waals surface area contributed by atoms with Gasteiger partial charge in [-0.2, -0.15) is 0 Å². The van der Waals surface area contributed by atoms with Crippen molar-refractivity contribution in [3.05, 3.63) is 11.9 Å². The Hall–Kier alpha value is -1.40. The zero-order chi connectivity index (χ0) is 15.1. The van der Waals surface area contributed by atoms with Crippen molar-refractivity contribution in [3.63, 3.8) is 0 Å². The van der Waals surface area contributed by atoms with Crippen LogP contribution in [-0.4, -0.2) is 47.0 Å². The van der Waals surface area contributed by atoms with Crippen LogP contribution in [0.25, 0.3) is 0 Å². The molecule has 0 aromatic carbocycles. The molecule has 1 saturated heterocycles. The highest BCUT2D eigenvalue weighted by Gasteiger charge is 2.32. The molecule has 6 heteroatoms. The molecule has 1 aromatic rings. The van der Waals surface area contributed by atoms with Gasteiger partial charge in [0.15, 0.2) is 0 Å². The van der Waals surface area contributed by atoms with Gasteiger partial charge in [-0.15, -0.1) is 0 Å². The first kappa shape index (κ1) is 16.0. The summed E-state index contributed by atoms with van der Waals surface area (Å²) in [6.07, 6.45) is 3.57. The number of anilines is 2. The number of aliphatic hydroxyl groups is 1. The molecule has 118 valence electrons. The summed E-state index contributed by atoms with van der Waals surface area (Å²) in [7, 11) is 0. The predicted molar refractivity (Wildman–Crippen MR) is 83.7 cm³/mol. The van der Waals surface area contributed by atoms with Crippen LogP contribution in [0.2, 0.25) is 0 Å². The van der Waals surface area contributed by atoms with Crippen LogP contribution in [0.1, 0.15) is 38.9 Å². The largest absolute Gasteiger partial charge is 0.386 e. The van der Waals surface area contributed by atoms with Crippen molar-refractivity contribution in [2.24, 2.45) is 0 Å². The van der Waals surface area contributed by atoms with Crippen molar-refractivity contribution in [3.8, 4) is 0 Å². The van der Waals surface area contributed by atoms with Crippen LogP contribution < -0.4 is 10.6 Å². The summed E-state index contributed by atoms with van der Waals surface area (Å²) in [5, 5.41) is 16.8. The van der Waals surface area contributed by atoms with Crippen LogP contribution in [0.4, 0.5) is 11.6 Å². The molecule has 0 amide bonds. The molecule has 1 aromatic heterocycles. The Morgan fingerprint density at radius 1 is 1.24 bits per heavy atom. The number of nitrogens with one attached hydrogen (secondary N) is 2. The molecule has 0 spiro atoms. The maximum atomic E-state index is 10.3. The molecule has 0 radical (unpaired) electrons. The second kappa shape index (κ2) is 7.56. The minimum atomic E-state index is -0.785. The second-order valence-corrected chi connectivity index (χ2v) is 5.61. The van der Waals surface area contributed by atoms with E-state index in [0.717, 1.165) is 43.3 Å². The molecule has 1 aliphatic heterocycles. The molecule has 0 saturated carbocycles. The summed E-state index contributed by atoms with van der Waals surface area (Å²) >= 11 is 0. The van der Waals surface area contributed by atoms with Crippen LogP contribution >= 0.6 is 0 Å². The summed E-state index contributed by atoms with van der Waals surface area (Å²) in [4.78, 5) is 9.02. The Morgan fingerprint density at radius 3 is 2.62 bits per heavy atom. The van der Waals surface area contributed by atoms with Crippen LogP contribution in [0.15, 0.2) is 6.07 Å². The van der Waals surface area contributed by atoms with E-state index in [9.17, 15) is 5.11 Å². The number of hydrogen-bond acceptors (Lipinski definition) is 6. The predicted octanol–water partition coefficient (Wildman–Crippen LogP) is 1.81. The van der Waals surface area contributed by atoms with E-state index in [1.54, 1.807) is 0 Å². The maximum Gasteiger partial charge on any atom is 0.133 e. The fraction of sp³-hybridized carbons (Fsp3) is 0.733. The lowest BCUT2D eigenvalue weighted by molar-refractivity contribution is 0.0381. The second-order valence-electron chi connectivity index (χ2n) is 5.61. The van der Waals surface area contributed by atoms with Crippen molar-refractivity contribution in [1.29, 1.82) is 0 Å². The van der Waals surface area contributed by atoms with Crippen LogP contribution in [0.3, 0.4) is 0 Å². The van der Waals surface area contributed by atoms with E-state index >= 15 is 0 Å². The van der Waals surface area contributed by atoms with Gasteiger partial charge in [-0.3, -0.25) is 0 Å². The molecule has 1 atom stereocenters. The Balaban J connectivity index is 2.03. The van der Waals surface area contributed by atoms with E-state index in [0.29, 0.717) is 26.2 Å². The normalized spacial score (nSPS) is 21.5. The molecule has 2 heterocycles. The number of aromatic nitrogens is 2. The highest BCUT2D eigenvalue weighted by molar-refractivity contribution is 5.47. The molecular weight excluding hydrogens is 268 g/mol. The molecule has 0 aliphatic carbocycles. The molecule has 21 heavy (non-hydrogen) atoms. The number of nitrogens with zero attached hydrogens (tertiary/aromatic N) is 2. The van der Waals surface area contributed by atoms with Gasteiger partial charge < -0.3 is 20.5 Å². The summed E-state index contributed by atoms with van der Waals surface area (Å²) in [5.74, 6) is 2.43. The van der Waals surface area contributed by atoms with Gasteiger partial charge in [0, 0.05) is 38.6 Å². The first-order valence-electron chi connectivity index (χ1n) is 7.81. The lowest BCUT2D eigenvalue weighted by atomic mass is 10.0. The van der Waals surface area contributed by atoms with Crippen molar-refractivity contribution < 1.29 is 9.84 Å². The molecule has 0 bridgehead atoms. The third-order valence-corrected chi connectivity index (χ3v) is 3.48. The lowest BCUT2D eigenvalue weighted by Gasteiger charge is -2.21. The smallest absolute Gasteiger partial charge is 0.133 e. The average Bonchev–Trinajstić information content (AvgIpc) is 2.91. The summed E-state index contributed by atoms with van der Waals surface area (Å²) in [6.45, 7) is 6.57. The molecular formula is C15H26N4O2. The Kier molecular flexibility index (Phi) is 5.76. The zero-order valence-corrected chi connectivity index (χ0v) is 13.0. The van der Waals surface area contributed by atoms with Gasteiger partial charge in [-0.25, -0.2) is 9.97 Å². The number of aryl methyl sites for hydroxylation is 1. The van der Waals surface area contributed by atoms with Crippen molar-refractivity contribution in [2.75, 3.05) is 36.9 Å². The van der Waals surface area contributed by atoms with Crippen LogP contribution in [0, 0.1) is 0 Å². The Morgan fingerprint density at radius 2 is 2.00 bits per heavy atom. The molecule has 1 aliphatic rings.